The van der Waals surface area contributed by atoms with Gasteiger partial charge in [0, 0.05) is 6.20 Å². The number of aliphatic hydroxyl groups excluding tert-OH is 1. The van der Waals surface area contributed by atoms with Crippen LogP contribution in [0.3, 0.4) is 0 Å². The number of pyridine rings is 1. The quantitative estimate of drug-likeness (QED) is 0.379. The fourth-order valence-electron chi connectivity index (χ4n) is 1.43. The Hall–Kier alpha value is -1.01. The molecular formula is C14H23NO4. The second kappa shape index (κ2) is 10.9. The summed E-state index contributed by atoms with van der Waals surface area (Å²) in [6, 6.07) is 3.67. The molecule has 1 aromatic rings. The van der Waals surface area contributed by atoms with Crippen molar-refractivity contribution in [2.45, 2.75) is 39.4 Å². The van der Waals surface area contributed by atoms with Gasteiger partial charge in [0.15, 0.2) is 0 Å². The van der Waals surface area contributed by atoms with Gasteiger partial charge in [-0.15, -0.1) is 0 Å². The topological polar surface area (TPSA) is 60.8 Å². The Morgan fingerprint density at radius 1 is 1.11 bits per heavy atom. The Morgan fingerprint density at radius 3 is 2.63 bits per heavy atom. The normalized spacial score (nSPS) is 10.8. The molecule has 0 radical (unpaired) electrons. The summed E-state index contributed by atoms with van der Waals surface area (Å²) in [6.45, 7) is 4.12. The molecule has 19 heavy (non-hydrogen) atoms. The smallest absolute Gasteiger partial charge is 0.106 e. The molecule has 5 nitrogen and oxygen atoms in total. The third-order valence-electron chi connectivity index (χ3n) is 2.54. The third-order valence-corrected chi connectivity index (χ3v) is 2.54. The molecule has 0 aromatic carbocycles. The van der Waals surface area contributed by atoms with Crippen LogP contribution in [0.4, 0.5) is 0 Å². The molecule has 0 aliphatic heterocycles. The molecule has 1 heterocycles. The highest BCUT2D eigenvalue weighted by Crippen LogP contribution is 2.01. The molecule has 0 bridgehead atoms. The van der Waals surface area contributed by atoms with E-state index in [4.69, 9.17) is 19.6 Å². The first-order valence-electron chi connectivity index (χ1n) is 6.73. The minimum Gasteiger partial charge on any atom is -0.392 e. The van der Waals surface area contributed by atoms with E-state index >= 15 is 0 Å². The molecule has 0 saturated heterocycles. The Balaban J connectivity index is 1.95. The highest BCUT2D eigenvalue weighted by Gasteiger charge is 1.96. The van der Waals surface area contributed by atoms with Crippen molar-refractivity contribution in [3.05, 3.63) is 29.6 Å². The van der Waals surface area contributed by atoms with E-state index in [9.17, 15) is 0 Å². The van der Waals surface area contributed by atoms with E-state index in [1.807, 2.05) is 12.1 Å². The summed E-state index contributed by atoms with van der Waals surface area (Å²) in [5.74, 6) is 0. The lowest BCUT2D eigenvalue weighted by Gasteiger charge is -2.05. The number of unbranched alkanes of at least 4 members (excludes halogenated alkanes) is 2. The number of hydrogen-bond acceptors (Lipinski definition) is 5. The molecule has 0 fully saturated rings. The van der Waals surface area contributed by atoms with Gasteiger partial charge in [-0.25, -0.2) is 9.78 Å². The van der Waals surface area contributed by atoms with Crippen molar-refractivity contribution >= 4 is 0 Å². The van der Waals surface area contributed by atoms with E-state index in [1.165, 1.54) is 6.42 Å². The number of nitrogens with zero attached hydrogens (tertiary/aromatic N) is 1. The maximum atomic E-state index is 8.88. The summed E-state index contributed by atoms with van der Waals surface area (Å²) < 4.78 is 5.39. The molecule has 5 heteroatoms. The monoisotopic (exact) mass is 269 g/mol. The van der Waals surface area contributed by atoms with Gasteiger partial charge in [-0.05, 0) is 18.1 Å². The second-order valence-corrected chi connectivity index (χ2v) is 4.22. The average molecular weight is 269 g/mol. The number of ether oxygens (including phenoxy) is 1. The fraction of sp³-hybridized carbons (Fsp3) is 0.643. The minimum atomic E-state index is 0.0113. The van der Waals surface area contributed by atoms with Crippen LogP contribution in [-0.4, -0.2) is 29.9 Å². The average Bonchev–Trinajstić information content (AvgIpc) is 2.46. The van der Waals surface area contributed by atoms with Crippen molar-refractivity contribution in [2.24, 2.45) is 0 Å². The zero-order valence-corrected chi connectivity index (χ0v) is 11.5. The van der Waals surface area contributed by atoms with E-state index in [0.717, 1.165) is 24.1 Å². The number of rotatable bonds is 11. The van der Waals surface area contributed by atoms with Crippen molar-refractivity contribution in [1.29, 1.82) is 0 Å². The fourth-order valence-corrected chi connectivity index (χ4v) is 1.43. The first-order chi connectivity index (χ1) is 9.36. The number of hydrogen-bond donors (Lipinski definition) is 1. The lowest BCUT2D eigenvalue weighted by atomic mass is 10.3. The molecule has 0 aliphatic carbocycles. The molecule has 0 saturated carbocycles. The van der Waals surface area contributed by atoms with Crippen LogP contribution in [0.1, 0.15) is 37.4 Å². The molecule has 1 aromatic heterocycles. The summed E-state index contributed by atoms with van der Waals surface area (Å²) in [5.41, 5.74) is 1.63. The van der Waals surface area contributed by atoms with Crippen LogP contribution in [0.2, 0.25) is 0 Å². The summed E-state index contributed by atoms with van der Waals surface area (Å²) in [6.07, 6.45) is 5.01. The zero-order valence-electron chi connectivity index (χ0n) is 11.5. The van der Waals surface area contributed by atoms with Crippen molar-refractivity contribution in [1.82, 2.24) is 4.98 Å². The van der Waals surface area contributed by atoms with E-state index < -0.39 is 0 Å². The number of aromatic nitrogens is 1. The Bertz CT molecular complexity index is 316. The SMILES string of the molecule is CCCCCOOCCOCc1ccc(CO)cn1. The molecule has 0 amide bonds. The third kappa shape index (κ3) is 7.89. The van der Waals surface area contributed by atoms with Crippen LogP contribution in [0.5, 0.6) is 0 Å². The summed E-state index contributed by atoms with van der Waals surface area (Å²) in [5, 5.41) is 8.88. The van der Waals surface area contributed by atoms with E-state index in [1.54, 1.807) is 6.20 Å². The van der Waals surface area contributed by atoms with Crippen LogP contribution in [0.25, 0.3) is 0 Å². The first-order valence-corrected chi connectivity index (χ1v) is 6.73. The highest BCUT2D eigenvalue weighted by atomic mass is 17.2. The van der Waals surface area contributed by atoms with Gasteiger partial charge in [0.1, 0.15) is 6.61 Å². The van der Waals surface area contributed by atoms with E-state index in [0.29, 0.717) is 26.4 Å². The van der Waals surface area contributed by atoms with Crippen molar-refractivity contribution in [3.63, 3.8) is 0 Å². The van der Waals surface area contributed by atoms with Gasteiger partial charge < -0.3 is 9.84 Å². The zero-order chi connectivity index (χ0) is 13.8. The molecule has 108 valence electrons. The van der Waals surface area contributed by atoms with Gasteiger partial charge in [0.25, 0.3) is 0 Å². The predicted octanol–water partition coefficient (Wildman–Crippen LogP) is 2.23. The lowest BCUT2D eigenvalue weighted by Crippen LogP contribution is -2.06. The van der Waals surface area contributed by atoms with Crippen LogP contribution >= 0.6 is 0 Å². The Morgan fingerprint density at radius 2 is 1.95 bits per heavy atom. The summed E-state index contributed by atoms with van der Waals surface area (Å²) in [7, 11) is 0. The van der Waals surface area contributed by atoms with Gasteiger partial charge >= 0.3 is 0 Å². The van der Waals surface area contributed by atoms with Gasteiger partial charge in [-0.3, -0.25) is 4.98 Å². The van der Waals surface area contributed by atoms with Crippen LogP contribution in [0.15, 0.2) is 18.3 Å². The van der Waals surface area contributed by atoms with Crippen LogP contribution in [0, 0.1) is 0 Å². The maximum absolute atomic E-state index is 8.88. The summed E-state index contributed by atoms with van der Waals surface area (Å²) in [4.78, 5) is 14.1. The molecular weight excluding hydrogens is 246 g/mol. The standard InChI is InChI=1S/C14H23NO4/c1-2-3-4-7-18-19-9-8-17-12-14-6-5-13(11-16)10-15-14/h5-6,10,16H,2-4,7-9,11-12H2,1H3. The predicted molar refractivity (Wildman–Crippen MR) is 71.2 cm³/mol. The van der Waals surface area contributed by atoms with Gasteiger partial charge in [0.05, 0.1) is 32.1 Å². The molecule has 0 aliphatic rings. The second-order valence-electron chi connectivity index (χ2n) is 4.22. The van der Waals surface area contributed by atoms with Crippen molar-refractivity contribution < 1.29 is 19.6 Å². The Labute approximate surface area is 114 Å². The van der Waals surface area contributed by atoms with Gasteiger partial charge in [0.2, 0.25) is 0 Å². The lowest BCUT2D eigenvalue weighted by molar-refractivity contribution is -0.299. The van der Waals surface area contributed by atoms with Crippen molar-refractivity contribution in [3.8, 4) is 0 Å². The van der Waals surface area contributed by atoms with Crippen molar-refractivity contribution in [2.75, 3.05) is 19.8 Å². The highest BCUT2D eigenvalue weighted by molar-refractivity contribution is 5.12. The largest absolute Gasteiger partial charge is 0.392 e. The molecule has 0 unspecified atom stereocenters. The molecule has 1 N–H and O–H groups in total. The van der Waals surface area contributed by atoms with E-state index in [-0.39, 0.29) is 6.61 Å². The van der Waals surface area contributed by atoms with E-state index in [2.05, 4.69) is 11.9 Å². The number of aliphatic hydroxyl groups is 1. The summed E-state index contributed by atoms with van der Waals surface area (Å²) >= 11 is 0. The minimum absolute atomic E-state index is 0.0113. The molecule has 1 rings (SSSR count). The first kappa shape index (κ1) is 16.0. The molecule has 0 spiro atoms. The Kier molecular flexibility index (Phi) is 9.18. The van der Waals surface area contributed by atoms with Crippen LogP contribution in [-0.2, 0) is 27.7 Å². The van der Waals surface area contributed by atoms with Gasteiger partial charge in [-0.2, -0.15) is 0 Å². The maximum Gasteiger partial charge on any atom is 0.106 e. The van der Waals surface area contributed by atoms with Gasteiger partial charge in [-0.1, -0.05) is 25.8 Å². The van der Waals surface area contributed by atoms with Crippen LogP contribution < -0.4 is 0 Å². The molecule has 0 atom stereocenters.